The zero-order chi connectivity index (χ0) is 28.4. The van der Waals surface area contributed by atoms with Crippen LogP contribution in [0.2, 0.25) is 0 Å². The van der Waals surface area contributed by atoms with E-state index in [2.05, 4.69) is 75.8 Å². The van der Waals surface area contributed by atoms with Gasteiger partial charge in [0, 0.05) is 22.4 Å². The summed E-state index contributed by atoms with van der Waals surface area (Å²) in [4.78, 5) is 0. The molecule has 0 spiro atoms. The van der Waals surface area contributed by atoms with Gasteiger partial charge in [-0.05, 0) is 103 Å². The Hall–Kier alpha value is -3.46. The van der Waals surface area contributed by atoms with Crippen LogP contribution in [0.3, 0.4) is 0 Å². The minimum absolute atomic E-state index is 0.197. The van der Waals surface area contributed by atoms with Crippen molar-refractivity contribution < 1.29 is 13.4 Å². The number of hydrogen-bond donors (Lipinski definition) is 0. The van der Waals surface area contributed by atoms with Crippen molar-refractivity contribution in [1.29, 1.82) is 0 Å². The summed E-state index contributed by atoms with van der Waals surface area (Å²) in [6.07, 6.45) is 12.1. The zero-order valence-electron chi connectivity index (χ0n) is 25.2. The van der Waals surface area contributed by atoms with Gasteiger partial charge >= 0.3 is 0 Å². The van der Waals surface area contributed by atoms with E-state index in [0.29, 0.717) is 23.0 Å². The van der Waals surface area contributed by atoms with Gasteiger partial charge in [0.1, 0.15) is 24.0 Å². The number of hydrogen-bond acceptors (Lipinski definition) is 1. The smallest absolute Gasteiger partial charge is 0.216 e. The second-order valence-electron chi connectivity index (χ2n) is 12.9. The van der Waals surface area contributed by atoms with E-state index in [4.69, 9.17) is 4.42 Å². The summed E-state index contributed by atoms with van der Waals surface area (Å²) in [6.45, 7) is 8.82. The van der Waals surface area contributed by atoms with Gasteiger partial charge in [-0.1, -0.05) is 57.4 Å². The second-order valence-corrected chi connectivity index (χ2v) is 12.9. The molecule has 2 aliphatic carbocycles. The molecule has 0 radical (unpaired) electrons. The standard InChI is InChI=1S/C38H41FNO/c1-22(2)32-20-34(40(5)21-24(32)4)35-23(3)14-15-30-31-18-19-33(39)36(38(31)41-37(30)35)29-17-16-26(25-10-7-6-8-11-25)27-12-9-13-28(27)29/h14-22,25H,6-13H2,1-5H3/q+1. The average molecular weight is 547 g/mol. The van der Waals surface area contributed by atoms with E-state index in [1.165, 1.54) is 59.9 Å². The number of halogens is 1. The van der Waals surface area contributed by atoms with Crippen LogP contribution in [0.4, 0.5) is 4.39 Å². The lowest BCUT2D eigenvalue weighted by atomic mass is 9.80. The molecule has 1 fully saturated rings. The van der Waals surface area contributed by atoms with Gasteiger partial charge in [-0.2, -0.15) is 0 Å². The van der Waals surface area contributed by atoms with Crippen molar-refractivity contribution in [3.05, 3.63) is 87.9 Å². The first-order chi connectivity index (χ1) is 19.8. The van der Waals surface area contributed by atoms with Crippen LogP contribution in [0, 0.1) is 19.7 Å². The summed E-state index contributed by atoms with van der Waals surface area (Å²) in [5.74, 6) is 0.884. The third-order valence-electron chi connectivity index (χ3n) is 10.00. The van der Waals surface area contributed by atoms with Gasteiger partial charge in [0.2, 0.25) is 5.69 Å². The number of aryl methyl sites for hydroxylation is 3. The van der Waals surface area contributed by atoms with Crippen molar-refractivity contribution in [2.24, 2.45) is 7.05 Å². The fourth-order valence-electron chi connectivity index (χ4n) is 7.98. The maximum atomic E-state index is 15.9. The Kier molecular flexibility index (Phi) is 6.52. The fraction of sp³-hybridized carbons (Fsp3) is 0.395. The molecule has 3 aromatic carbocycles. The Labute approximate surface area is 243 Å². The molecule has 0 bridgehead atoms. The Morgan fingerprint density at radius 1 is 0.805 bits per heavy atom. The van der Waals surface area contributed by atoms with E-state index in [1.807, 2.05) is 6.07 Å². The highest BCUT2D eigenvalue weighted by atomic mass is 19.1. The lowest BCUT2D eigenvalue weighted by molar-refractivity contribution is -0.660. The molecule has 1 saturated carbocycles. The Balaban J connectivity index is 1.47. The predicted molar refractivity (Wildman–Crippen MR) is 167 cm³/mol. The van der Waals surface area contributed by atoms with E-state index in [9.17, 15) is 0 Å². The summed E-state index contributed by atoms with van der Waals surface area (Å²) in [7, 11) is 2.11. The molecule has 0 N–H and O–H groups in total. The topological polar surface area (TPSA) is 17.0 Å². The summed E-state index contributed by atoms with van der Waals surface area (Å²) < 4.78 is 25.0. The van der Waals surface area contributed by atoms with E-state index in [0.717, 1.165) is 58.0 Å². The maximum Gasteiger partial charge on any atom is 0.216 e. The summed E-state index contributed by atoms with van der Waals surface area (Å²) in [6, 6.07) is 14.7. The highest BCUT2D eigenvalue weighted by Gasteiger charge is 2.29. The first kappa shape index (κ1) is 26.4. The largest absolute Gasteiger partial charge is 0.454 e. The quantitative estimate of drug-likeness (QED) is 0.205. The molecule has 0 atom stereocenters. The van der Waals surface area contributed by atoms with Crippen LogP contribution < -0.4 is 4.57 Å². The normalized spacial score (nSPS) is 15.9. The van der Waals surface area contributed by atoms with Gasteiger partial charge < -0.3 is 4.42 Å². The molecule has 210 valence electrons. The Morgan fingerprint density at radius 3 is 2.27 bits per heavy atom. The molecule has 2 heterocycles. The predicted octanol–water partition coefficient (Wildman–Crippen LogP) is 10.2. The van der Waals surface area contributed by atoms with Crippen LogP contribution in [-0.2, 0) is 19.9 Å². The van der Waals surface area contributed by atoms with Crippen molar-refractivity contribution in [2.75, 3.05) is 0 Å². The van der Waals surface area contributed by atoms with Crippen LogP contribution in [0.1, 0.15) is 97.6 Å². The monoisotopic (exact) mass is 546 g/mol. The molecule has 0 unspecified atom stereocenters. The molecule has 0 saturated heterocycles. The fourth-order valence-corrected chi connectivity index (χ4v) is 7.98. The van der Waals surface area contributed by atoms with E-state index in [-0.39, 0.29) is 5.82 Å². The number of aromatic nitrogens is 1. The van der Waals surface area contributed by atoms with Crippen molar-refractivity contribution in [3.8, 4) is 22.4 Å². The molecule has 0 amide bonds. The highest BCUT2D eigenvalue weighted by molar-refractivity contribution is 6.13. The van der Waals surface area contributed by atoms with Gasteiger partial charge in [0.25, 0.3) is 0 Å². The van der Waals surface area contributed by atoms with Gasteiger partial charge in [-0.3, -0.25) is 0 Å². The molecular weight excluding hydrogens is 505 g/mol. The molecule has 2 aromatic heterocycles. The van der Waals surface area contributed by atoms with Crippen LogP contribution in [0.15, 0.2) is 53.1 Å². The van der Waals surface area contributed by atoms with Crippen molar-refractivity contribution >= 4 is 21.9 Å². The molecular formula is C38H41FNO+. The number of nitrogens with zero attached hydrogens (tertiary/aromatic N) is 1. The summed E-state index contributed by atoms with van der Waals surface area (Å²) in [5.41, 5.74) is 13.5. The first-order valence-electron chi connectivity index (χ1n) is 15.6. The SMILES string of the molecule is Cc1c[n+](C)c(-c2c(C)ccc3c2oc2c(-c4ccc(C5CCCCC5)c5c4CCC5)c(F)ccc23)cc1C(C)C. The number of rotatable bonds is 4. The van der Waals surface area contributed by atoms with E-state index >= 15 is 4.39 Å². The highest BCUT2D eigenvalue weighted by Crippen LogP contribution is 2.46. The lowest BCUT2D eigenvalue weighted by Gasteiger charge is -2.25. The van der Waals surface area contributed by atoms with Crippen molar-refractivity contribution in [1.82, 2.24) is 0 Å². The van der Waals surface area contributed by atoms with E-state index < -0.39 is 0 Å². The van der Waals surface area contributed by atoms with Gasteiger partial charge in [0.15, 0.2) is 6.20 Å². The Morgan fingerprint density at radius 2 is 1.51 bits per heavy atom. The van der Waals surface area contributed by atoms with E-state index in [1.54, 1.807) is 6.07 Å². The summed E-state index contributed by atoms with van der Waals surface area (Å²) >= 11 is 0. The van der Waals surface area contributed by atoms with Crippen LogP contribution in [-0.4, -0.2) is 0 Å². The number of fused-ring (bicyclic) bond motifs is 4. The zero-order valence-corrected chi connectivity index (χ0v) is 25.2. The first-order valence-corrected chi connectivity index (χ1v) is 15.6. The third kappa shape index (κ3) is 4.23. The number of benzene rings is 3. The molecule has 2 nitrogen and oxygen atoms in total. The second kappa shape index (κ2) is 10.1. The minimum atomic E-state index is -0.197. The molecule has 7 rings (SSSR count). The van der Waals surface area contributed by atoms with Crippen molar-refractivity contribution in [3.63, 3.8) is 0 Å². The summed E-state index contributed by atoms with van der Waals surface area (Å²) in [5, 5.41) is 2.03. The minimum Gasteiger partial charge on any atom is -0.454 e. The molecule has 5 aromatic rings. The lowest BCUT2D eigenvalue weighted by Crippen LogP contribution is -2.32. The van der Waals surface area contributed by atoms with Gasteiger partial charge in [-0.25, -0.2) is 8.96 Å². The van der Waals surface area contributed by atoms with Gasteiger partial charge in [-0.15, -0.1) is 0 Å². The number of pyridine rings is 1. The molecule has 0 aliphatic heterocycles. The van der Waals surface area contributed by atoms with Crippen LogP contribution in [0.25, 0.3) is 44.3 Å². The van der Waals surface area contributed by atoms with Crippen molar-refractivity contribution in [2.45, 2.75) is 90.9 Å². The molecule has 41 heavy (non-hydrogen) atoms. The van der Waals surface area contributed by atoms with Crippen LogP contribution >= 0.6 is 0 Å². The molecule has 3 heteroatoms. The average Bonchev–Trinajstić information content (AvgIpc) is 3.59. The number of furan rings is 1. The maximum absolute atomic E-state index is 15.9. The van der Waals surface area contributed by atoms with Gasteiger partial charge in [0.05, 0.1) is 11.1 Å². The van der Waals surface area contributed by atoms with Crippen LogP contribution in [0.5, 0.6) is 0 Å². The molecule has 2 aliphatic rings. The third-order valence-corrected chi connectivity index (χ3v) is 10.00. The Bertz CT molecular complexity index is 1820.